The maximum Gasteiger partial charge on any atom is 0.259 e. The molecule has 4 nitrogen and oxygen atoms in total. The highest BCUT2D eigenvalue weighted by molar-refractivity contribution is 7.11. The summed E-state index contributed by atoms with van der Waals surface area (Å²) in [5, 5.41) is 0. The lowest BCUT2D eigenvalue weighted by Crippen LogP contribution is -2.40. The summed E-state index contributed by atoms with van der Waals surface area (Å²) in [5.41, 5.74) is 3.86. The van der Waals surface area contributed by atoms with Gasteiger partial charge in [-0.1, -0.05) is 74.2 Å². The van der Waals surface area contributed by atoms with E-state index in [9.17, 15) is 4.79 Å². The molecule has 0 N–H and O–H groups in total. The van der Waals surface area contributed by atoms with E-state index in [1.165, 1.54) is 9.75 Å². The topological polar surface area (TPSA) is 38.1 Å². The Morgan fingerprint density at radius 3 is 2.24 bits per heavy atom. The number of benzene rings is 2. The van der Waals surface area contributed by atoms with E-state index in [0.717, 1.165) is 48.3 Å². The van der Waals surface area contributed by atoms with Gasteiger partial charge < -0.3 is 0 Å². The van der Waals surface area contributed by atoms with Crippen LogP contribution >= 0.6 is 11.3 Å². The van der Waals surface area contributed by atoms with Crippen LogP contribution in [0.3, 0.4) is 0 Å². The highest BCUT2D eigenvalue weighted by atomic mass is 32.1. The van der Waals surface area contributed by atoms with Crippen molar-refractivity contribution >= 4 is 17.4 Å². The van der Waals surface area contributed by atoms with Gasteiger partial charge in [-0.2, -0.15) is 0 Å². The number of fused-ring (bicyclic) bond motifs is 1. The van der Waals surface area contributed by atoms with Crippen LogP contribution in [0.25, 0.3) is 6.08 Å². The Kier molecular flexibility index (Phi) is 6.57. The average molecular weight is 468 g/mol. The van der Waals surface area contributed by atoms with Crippen molar-refractivity contribution in [3.8, 4) is 0 Å². The zero-order chi connectivity index (χ0) is 23.5. The summed E-state index contributed by atoms with van der Waals surface area (Å²) in [7, 11) is 0. The summed E-state index contributed by atoms with van der Waals surface area (Å²) in [6, 6.07) is 24.5. The Morgan fingerprint density at radius 1 is 1.00 bits per heavy atom. The van der Waals surface area contributed by atoms with Crippen molar-refractivity contribution in [1.82, 2.24) is 14.5 Å². The second kappa shape index (κ2) is 9.92. The molecule has 3 heterocycles. The van der Waals surface area contributed by atoms with E-state index in [0.29, 0.717) is 12.4 Å². The molecule has 1 aliphatic rings. The number of hydrogen-bond acceptors (Lipinski definition) is 4. The molecule has 2 aromatic heterocycles. The zero-order valence-electron chi connectivity index (χ0n) is 19.5. The van der Waals surface area contributed by atoms with Crippen molar-refractivity contribution in [3.05, 3.63) is 128 Å². The third-order valence-electron chi connectivity index (χ3n) is 6.48. The second-order valence-electron chi connectivity index (χ2n) is 8.68. The van der Waals surface area contributed by atoms with Gasteiger partial charge in [0.2, 0.25) is 0 Å². The molecule has 0 radical (unpaired) electrons. The van der Waals surface area contributed by atoms with Gasteiger partial charge in [-0.15, -0.1) is 11.3 Å². The fourth-order valence-corrected chi connectivity index (χ4v) is 5.77. The molecule has 5 rings (SSSR count). The third kappa shape index (κ3) is 4.41. The van der Waals surface area contributed by atoms with Crippen molar-refractivity contribution in [3.63, 3.8) is 0 Å². The smallest absolute Gasteiger partial charge is 0.259 e. The zero-order valence-corrected chi connectivity index (χ0v) is 20.3. The normalized spacial score (nSPS) is 13.7. The molecule has 172 valence electrons. The van der Waals surface area contributed by atoms with Gasteiger partial charge in [0, 0.05) is 35.8 Å². The van der Waals surface area contributed by atoms with E-state index >= 15 is 0 Å². The maximum absolute atomic E-state index is 14.1. The summed E-state index contributed by atoms with van der Waals surface area (Å²) in [6.45, 7) is 8.58. The molecule has 0 amide bonds. The van der Waals surface area contributed by atoms with Crippen LogP contribution in [-0.2, 0) is 25.9 Å². The summed E-state index contributed by atoms with van der Waals surface area (Å²) >= 11 is 1.87. The fraction of sp³-hybridized carbons (Fsp3) is 0.241. The van der Waals surface area contributed by atoms with Gasteiger partial charge in [0.05, 0.1) is 17.3 Å². The molecular weight excluding hydrogens is 438 g/mol. The van der Waals surface area contributed by atoms with E-state index in [2.05, 4.69) is 54.8 Å². The quantitative estimate of drug-likeness (QED) is 0.350. The molecular formula is C29H29N3OS. The van der Waals surface area contributed by atoms with Crippen molar-refractivity contribution in [1.29, 1.82) is 0 Å². The van der Waals surface area contributed by atoms with Gasteiger partial charge in [0.15, 0.2) is 0 Å². The van der Waals surface area contributed by atoms with Crippen LogP contribution in [0.4, 0.5) is 0 Å². The molecule has 0 aliphatic carbocycles. The monoisotopic (exact) mass is 467 g/mol. The first-order valence-corrected chi connectivity index (χ1v) is 12.7. The summed E-state index contributed by atoms with van der Waals surface area (Å²) in [6.07, 6.45) is 3.55. The molecule has 34 heavy (non-hydrogen) atoms. The van der Waals surface area contributed by atoms with Crippen molar-refractivity contribution < 1.29 is 0 Å². The molecule has 0 unspecified atom stereocenters. The number of hydrogen-bond donors (Lipinski definition) is 0. The van der Waals surface area contributed by atoms with E-state index in [1.807, 2.05) is 52.3 Å². The van der Waals surface area contributed by atoms with Gasteiger partial charge in [-0.3, -0.25) is 14.3 Å². The lowest BCUT2D eigenvalue weighted by atomic mass is 9.97. The number of aromatic nitrogens is 2. The molecule has 5 heteroatoms. The highest BCUT2D eigenvalue weighted by Gasteiger charge is 2.27. The van der Waals surface area contributed by atoms with Gasteiger partial charge in [-0.25, -0.2) is 4.98 Å². The molecule has 2 aromatic carbocycles. The highest BCUT2D eigenvalue weighted by Crippen LogP contribution is 2.28. The number of aryl methyl sites for hydroxylation is 1. The molecule has 0 atom stereocenters. The van der Waals surface area contributed by atoms with Crippen LogP contribution in [-0.4, -0.2) is 21.0 Å². The number of nitrogens with zero attached hydrogens (tertiary/aromatic N) is 3. The minimum atomic E-state index is -0.263. The predicted molar refractivity (Wildman–Crippen MR) is 140 cm³/mol. The Morgan fingerprint density at radius 2 is 1.65 bits per heavy atom. The first-order valence-electron chi connectivity index (χ1n) is 11.8. The SMILES string of the molecule is C=Cc1nc2c(c(=O)n1C(c1ccccc1)c1ccccc1)CN(Cc1ccc(CC)s1)CC2. The summed E-state index contributed by atoms with van der Waals surface area (Å²) in [5.74, 6) is 0.626. The van der Waals surface area contributed by atoms with Crippen LogP contribution in [0.15, 0.2) is 84.2 Å². The van der Waals surface area contributed by atoms with E-state index in [-0.39, 0.29) is 11.6 Å². The van der Waals surface area contributed by atoms with Crippen molar-refractivity contribution in [2.45, 2.75) is 38.9 Å². The molecule has 0 bridgehead atoms. The van der Waals surface area contributed by atoms with Crippen LogP contribution in [0, 0.1) is 0 Å². The first-order chi connectivity index (χ1) is 16.7. The lowest BCUT2D eigenvalue weighted by Gasteiger charge is -2.30. The standard InChI is InChI=1S/C29H29N3OS/c1-3-23-15-16-24(34-23)19-31-18-17-26-25(20-31)29(33)32(27(4-2)30-26)28(21-11-7-5-8-12-21)22-13-9-6-10-14-22/h4-16,28H,2-3,17-20H2,1H3. The van der Waals surface area contributed by atoms with E-state index < -0.39 is 0 Å². The van der Waals surface area contributed by atoms with Crippen molar-refractivity contribution in [2.24, 2.45) is 0 Å². The van der Waals surface area contributed by atoms with Crippen LogP contribution in [0.2, 0.25) is 0 Å². The van der Waals surface area contributed by atoms with Crippen LogP contribution < -0.4 is 5.56 Å². The minimum absolute atomic E-state index is 0.0303. The molecule has 1 aliphatic heterocycles. The first kappa shape index (κ1) is 22.5. The maximum atomic E-state index is 14.1. The average Bonchev–Trinajstić information content (AvgIpc) is 3.34. The summed E-state index contributed by atoms with van der Waals surface area (Å²) < 4.78 is 1.83. The third-order valence-corrected chi connectivity index (χ3v) is 7.70. The Labute approximate surface area is 204 Å². The molecule has 0 saturated carbocycles. The van der Waals surface area contributed by atoms with Crippen LogP contribution in [0.1, 0.15) is 50.9 Å². The largest absolute Gasteiger partial charge is 0.293 e. The predicted octanol–water partition coefficient (Wildman–Crippen LogP) is 5.71. The fourth-order valence-electron chi connectivity index (χ4n) is 4.77. The van der Waals surface area contributed by atoms with E-state index in [4.69, 9.17) is 4.98 Å². The molecule has 0 saturated heterocycles. The van der Waals surface area contributed by atoms with E-state index in [1.54, 1.807) is 6.08 Å². The van der Waals surface area contributed by atoms with Gasteiger partial charge in [0.1, 0.15) is 5.82 Å². The van der Waals surface area contributed by atoms with Crippen molar-refractivity contribution in [2.75, 3.05) is 6.54 Å². The Hall–Kier alpha value is -3.28. The summed E-state index contributed by atoms with van der Waals surface area (Å²) in [4.78, 5) is 24.1. The second-order valence-corrected chi connectivity index (χ2v) is 9.93. The van der Waals surface area contributed by atoms with Gasteiger partial charge in [-0.05, 0) is 35.8 Å². The minimum Gasteiger partial charge on any atom is -0.293 e. The number of thiophene rings is 1. The molecule has 0 fully saturated rings. The van der Waals surface area contributed by atoms with Crippen LogP contribution in [0.5, 0.6) is 0 Å². The molecule has 4 aromatic rings. The van der Waals surface area contributed by atoms with Gasteiger partial charge in [0.25, 0.3) is 5.56 Å². The Balaban J connectivity index is 1.58. The lowest BCUT2D eigenvalue weighted by molar-refractivity contribution is 0.242. The Bertz CT molecular complexity index is 1300. The molecule has 0 spiro atoms. The number of rotatable bonds is 7. The van der Waals surface area contributed by atoms with Gasteiger partial charge >= 0.3 is 0 Å².